The topological polar surface area (TPSA) is 182 Å². The SMILES string of the molecule is CCN(CC)c1ccc2c(-c3ccc(S(=O)(=O)NCCCCCC(=O)NCc4cccc(C(CCNC)Oc5ccccc5OC)c4)cc3S(=O)(=O)[O-])c3ccc(=[N+](CC)CC)cc-3oc2c1. The van der Waals surface area contributed by atoms with E-state index in [0.717, 1.165) is 61.0 Å². The van der Waals surface area contributed by atoms with Crippen LogP contribution in [-0.4, -0.2) is 80.7 Å². The maximum absolute atomic E-state index is 13.6. The summed E-state index contributed by atoms with van der Waals surface area (Å²) in [6, 6.07) is 30.4. The lowest BCUT2D eigenvalue weighted by molar-refractivity contribution is -0.121. The molecule has 358 valence electrons. The third-order valence-electron chi connectivity index (χ3n) is 11.9. The highest BCUT2D eigenvalue weighted by atomic mass is 32.2. The number of amides is 1. The number of sulfonamides is 1. The van der Waals surface area contributed by atoms with Crippen LogP contribution in [0.4, 0.5) is 5.69 Å². The van der Waals surface area contributed by atoms with E-state index in [1.807, 2.05) is 92.0 Å². The second-order valence-electron chi connectivity index (χ2n) is 16.2. The molecular weight excluding hydrogens is 891 g/mol. The van der Waals surface area contributed by atoms with Gasteiger partial charge in [-0.1, -0.05) is 48.9 Å². The first kappa shape index (κ1) is 50.6. The van der Waals surface area contributed by atoms with Crippen molar-refractivity contribution < 1.29 is 40.1 Å². The highest BCUT2D eigenvalue weighted by molar-refractivity contribution is 7.89. The number of hydrogen-bond acceptors (Lipinski definition) is 11. The van der Waals surface area contributed by atoms with Gasteiger partial charge in [0.05, 0.1) is 23.0 Å². The Morgan fingerprint density at radius 3 is 2.25 bits per heavy atom. The van der Waals surface area contributed by atoms with Crippen LogP contribution >= 0.6 is 0 Å². The largest absolute Gasteiger partial charge is 0.744 e. The van der Waals surface area contributed by atoms with Crippen molar-refractivity contribution in [2.45, 2.75) is 82.2 Å². The summed E-state index contributed by atoms with van der Waals surface area (Å²) in [7, 11) is -5.92. The Morgan fingerprint density at radius 2 is 1.55 bits per heavy atom. The molecule has 0 saturated carbocycles. The molecule has 1 aliphatic carbocycles. The molecule has 16 heteroatoms. The molecule has 0 radical (unpaired) electrons. The summed E-state index contributed by atoms with van der Waals surface area (Å²) in [6.07, 6.45) is 2.23. The van der Waals surface area contributed by atoms with Crippen LogP contribution in [0.3, 0.4) is 0 Å². The molecule has 4 aromatic rings. The Bertz CT molecular complexity index is 2910. The summed E-state index contributed by atoms with van der Waals surface area (Å²) in [6.45, 7) is 12.4. The van der Waals surface area contributed by atoms with Crippen molar-refractivity contribution in [1.29, 1.82) is 0 Å². The van der Waals surface area contributed by atoms with Gasteiger partial charge in [-0.3, -0.25) is 4.79 Å². The van der Waals surface area contributed by atoms with Crippen LogP contribution in [0.15, 0.2) is 117 Å². The number of nitrogens with zero attached hydrogens (tertiary/aromatic N) is 2. The van der Waals surface area contributed by atoms with Crippen LogP contribution in [0.5, 0.6) is 11.5 Å². The third-order valence-corrected chi connectivity index (χ3v) is 14.3. The van der Waals surface area contributed by atoms with Crippen molar-refractivity contribution in [2.24, 2.45) is 0 Å². The van der Waals surface area contributed by atoms with Crippen LogP contribution in [0.25, 0.3) is 33.4 Å². The molecular formula is C51H63N5O9S2. The summed E-state index contributed by atoms with van der Waals surface area (Å²) >= 11 is 0. The quantitative estimate of drug-likeness (QED) is 0.0235. The number of carbonyl (C=O) groups excluding carboxylic acids is 1. The first-order chi connectivity index (χ1) is 32.2. The molecule has 1 unspecified atom stereocenters. The minimum Gasteiger partial charge on any atom is -0.744 e. The molecule has 0 saturated heterocycles. The maximum Gasteiger partial charge on any atom is 0.240 e. The van der Waals surface area contributed by atoms with Gasteiger partial charge in [0, 0.05) is 78.9 Å². The number of carbonyl (C=O) groups is 1. The van der Waals surface area contributed by atoms with E-state index in [0.29, 0.717) is 71.6 Å². The first-order valence-corrected chi connectivity index (χ1v) is 25.9. The number of rotatable bonds is 24. The van der Waals surface area contributed by atoms with Gasteiger partial charge in [0.1, 0.15) is 40.7 Å². The number of unbranched alkanes of at least 4 members (excludes halogenated alkanes) is 2. The van der Waals surface area contributed by atoms with Crippen molar-refractivity contribution in [1.82, 2.24) is 19.9 Å². The molecule has 0 aromatic heterocycles. The Labute approximate surface area is 395 Å². The summed E-state index contributed by atoms with van der Waals surface area (Å²) in [5.74, 6) is 1.65. The molecule has 1 heterocycles. The number of nitrogens with one attached hydrogen (secondary N) is 3. The third kappa shape index (κ3) is 12.6. The number of para-hydroxylation sites is 2. The van der Waals surface area contributed by atoms with Crippen molar-refractivity contribution >= 4 is 42.7 Å². The molecule has 0 spiro atoms. The van der Waals surface area contributed by atoms with Crippen molar-refractivity contribution in [3.05, 3.63) is 120 Å². The first-order valence-electron chi connectivity index (χ1n) is 23.0. The molecule has 67 heavy (non-hydrogen) atoms. The van der Waals surface area contributed by atoms with Crippen LogP contribution in [0, 0.1) is 0 Å². The van der Waals surface area contributed by atoms with Gasteiger partial charge < -0.3 is 34.0 Å². The standard InChI is InChI=1S/C51H63N5O9S2/c1-7-55(8-2)38-22-25-41-47(32-38)65-48-33-39(56(9-3)10-4)23-26-42(48)51(41)43-27-24-40(34-49(43)67(60,61)62)66(58,59)54-29-15-11-12-21-50(57)53-35-36-17-16-18-37(31-36)44(28-30-52-5)64-46-20-14-13-19-45(46)63-6/h13-14,16-20,22-27,31-34,44,52,54H,7-12,15,21,28-30,35H2,1-6H3,(H-,53,57,60,61,62). The van der Waals surface area contributed by atoms with Gasteiger partial charge in [-0.25, -0.2) is 26.1 Å². The van der Waals surface area contributed by atoms with Gasteiger partial charge in [0.2, 0.25) is 21.3 Å². The Balaban J connectivity index is 1.11. The van der Waals surface area contributed by atoms with Gasteiger partial charge in [-0.2, -0.15) is 0 Å². The van der Waals surface area contributed by atoms with E-state index >= 15 is 0 Å². The predicted molar refractivity (Wildman–Crippen MR) is 263 cm³/mol. The fourth-order valence-electron chi connectivity index (χ4n) is 8.32. The lowest BCUT2D eigenvalue weighted by Gasteiger charge is -2.23. The highest BCUT2D eigenvalue weighted by Gasteiger charge is 2.25. The lowest BCUT2D eigenvalue weighted by Crippen LogP contribution is -2.29. The number of anilines is 1. The monoisotopic (exact) mass is 953 g/mol. The predicted octanol–water partition coefficient (Wildman–Crippen LogP) is 7.66. The van der Waals surface area contributed by atoms with E-state index in [1.165, 1.54) is 12.1 Å². The van der Waals surface area contributed by atoms with E-state index in [1.54, 1.807) is 7.11 Å². The summed E-state index contributed by atoms with van der Waals surface area (Å²) in [5, 5.41) is 7.65. The molecule has 1 aliphatic heterocycles. The zero-order valence-electron chi connectivity index (χ0n) is 39.3. The number of ether oxygens (including phenoxy) is 2. The van der Waals surface area contributed by atoms with Crippen molar-refractivity contribution in [3.8, 4) is 33.9 Å². The number of fused-ring (bicyclic) bond motifs is 2. The van der Waals surface area contributed by atoms with E-state index in [9.17, 15) is 26.2 Å². The minimum absolute atomic E-state index is 0.0445. The molecule has 2 aliphatic rings. The average molecular weight is 954 g/mol. The number of methoxy groups -OCH3 is 1. The zero-order valence-corrected chi connectivity index (χ0v) is 40.9. The average Bonchev–Trinajstić information content (AvgIpc) is 3.33. The smallest absolute Gasteiger partial charge is 0.240 e. The summed E-state index contributed by atoms with van der Waals surface area (Å²) in [4.78, 5) is 14.0. The Morgan fingerprint density at radius 1 is 0.806 bits per heavy atom. The molecule has 6 rings (SSSR count). The summed E-state index contributed by atoms with van der Waals surface area (Å²) < 4.78 is 89.4. The van der Waals surface area contributed by atoms with Crippen LogP contribution < -0.4 is 39.7 Å². The Hall–Kier alpha value is -5.78. The van der Waals surface area contributed by atoms with Gasteiger partial charge in [0.25, 0.3) is 0 Å². The van der Waals surface area contributed by atoms with E-state index in [4.69, 9.17) is 13.9 Å². The fourth-order valence-corrected chi connectivity index (χ4v) is 10.2. The van der Waals surface area contributed by atoms with Crippen LogP contribution in [0.2, 0.25) is 0 Å². The highest BCUT2D eigenvalue weighted by Crippen LogP contribution is 2.43. The minimum atomic E-state index is -5.19. The van der Waals surface area contributed by atoms with Gasteiger partial charge in [0.15, 0.2) is 11.5 Å². The van der Waals surface area contributed by atoms with Gasteiger partial charge in [-0.15, -0.1) is 0 Å². The fraction of sp³-hybridized carbons (Fsp3) is 0.373. The lowest BCUT2D eigenvalue weighted by atomic mass is 9.93. The summed E-state index contributed by atoms with van der Waals surface area (Å²) in [5.41, 5.74) is 4.39. The van der Waals surface area contributed by atoms with Crippen LogP contribution in [0.1, 0.15) is 77.0 Å². The van der Waals surface area contributed by atoms with E-state index in [-0.39, 0.29) is 35.4 Å². The van der Waals surface area contributed by atoms with E-state index < -0.39 is 25.0 Å². The van der Waals surface area contributed by atoms with Gasteiger partial charge in [-0.05, 0) is 108 Å². The molecule has 3 N–H and O–H groups in total. The molecule has 1 amide bonds. The molecule has 4 aromatic carbocycles. The second-order valence-corrected chi connectivity index (χ2v) is 19.3. The zero-order chi connectivity index (χ0) is 48.1. The Kier molecular flexibility index (Phi) is 17.6. The van der Waals surface area contributed by atoms with Gasteiger partial charge >= 0.3 is 0 Å². The normalized spacial score (nSPS) is 12.3. The van der Waals surface area contributed by atoms with Crippen molar-refractivity contribution in [2.75, 3.05) is 58.3 Å². The molecule has 0 bridgehead atoms. The second kappa shape index (κ2) is 23.3. The maximum atomic E-state index is 13.6. The molecule has 1 atom stereocenters. The number of hydrogen-bond donors (Lipinski definition) is 3. The molecule has 14 nitrogen and oxygen atoms in total. The van der Waals surface area contributed by atoms with Crippen LogP contribution in [-0.2, 0) is 31.5 Å². The van der Waals surface area contributed by atoms with Crippen molar-refractivity contribution in [3.63, 3.8) is 0 Å². The molecule has 0 fully saturated rings. The van der Waals surface area contributed by atoms with E-state index in [2.05, 4.69) is 52.5 Å². The number of benzene rings is 5.